The van der Waals surface area contributed by atoms with Crippen molar-refractivity contribution < 1.29 is 28.6 Å². The van der Waals surface area contributed by atoms with Crippen LogP contribution in [0.4, 0.5) is 4.79 Å². The lowest BCUT2D eigenvalue weighted by Gasteiger charge is -2.56. The number of allylic oxidation sites excluding steroid dienone is 2. The van der Waals surface area contributed by atoms with E-state index in [4.69, 9.17) is 14.2 Å². The van der Waals surface area contributed by atoms with Crippen LogP contribution in [0.2, 0.25) is 0 Å². The number of esters is 1. The van der Waals surface area contributed by atoms with Crippen LogP contribution < -0.4 is 0 Å². The van der Waals surface area contributed by atoms with Crippen molar-refractivity contribution in [2.45, 2.75) is 64.9 Å². The first-order valence-electron chi connectivity index (χ1n) is 10.8. The van der Waals surface area contributed by atoms with E-state index in [0.29, 0.717) is 12.3 Å². The number of ketones is 1. The highest BCUT2D eigenvalue weighted by molar-refractivity contribution is 5.95. The van der Waals surface area contributed by atoms with E-state index in [1.165, 1.54) is 14.2 Å². The number of carbonyl (C=O) groups excluding carboxylic acids is 3. The summed E-state index contributed by atoms with van der Waals surface area (Å²) in [5.41, 5.74) is 0.913. The predicted octanol–water partition coefficient (Wildman–Crippen LogP) is 4.07. The molecule has 6 nitrogen and oxygen atoms in total. The molecule has 3 saturated carbocycles. The summed E-state index contributed by atoms with van der Waals surface area (Å²) in [6.07, 6.45) is 6.95. The van der Waals surface area contributed by atoms with Gasteiger partial charge < -0.3 is 14.2 Å². The Bertz CT molecular complexity index is 756. The summed E-state index contributed by atoms with van der Waals surface area (Å²) in [4.78, 5) is 37.1. The number of rotatable bonds is 2. The Labute approximate surface area is 172 Å². The van der Waals surface area contributed by atoms with Gasteiger partial charge in [0.05, 0.1) is 20.1 Å². The first-order chi connectivity index (χ1) is 13.7. The first kappa shape index (κ1) is 20.4. The van der Waals surface area contributed by atoms with Crippen LogP contribution in [0, 0.1) is 34.5 Å². The van der Waals surface area contributed by atoms with Crippen LogP contribution in [-0.4, -0.2) is 38.2 Å². The molecule has 160 valence electrons. The third-order valence-corrected chi connectivity index (χ3v) is 8.80. The second-order valence-electron chi connectivity index (χ2n) is 9.87. The summed E-state index contributed by atoms with van der Waals surface area (Å²) in [5.74, 6) is 0.380. The minimum atomic E-state index is -0.635. The molecular weight excluding hydrogens is 372 g/mol. The highest BCUT2D eigenvalue weighted by atomic mass is 16.7. The average molecular weight is 405 g/mol. The van der Waals surface area contributed by atoms with Gasteiger partial charge in [-0.2, -0.15) is 0 Å². The maximum Gasteiger partial charge on any atom is 0.508 e. The van der Waals surface area contributed by atoms with Crippen molar-refractivity contribution in [3.05, 3.63) is 11.6 Å². The highest BCUT2D eigenvalue weighted by Crippen LogP contribution is 2.64. The molecule has 0 amide bonds. The topological polar surface area (TPSA) is 78.9 Å². The maximum atomic E-state index is 13.3. The molecule has 0 spiro atoms. The van der Waals surface area contributed by atoms with Crippen LogP contribution in [0.1, 0.15) is 58.8 Å². The molecule has 7 atom stereocenters. The largest absolute Gasteiger partial charge is 0.508 e. The second-order valence-corrected chi connectivity index (χ2v) is 9.87. The molecule has 0 N–H and O–H groups in total. The van der Waals surface area contributed by atoms with Crippen LogP contribution in [0.5, 0.6) is 0 Å². The monoisotopic (exact) mass is 404 g/mol. The molecule has 29 heavy (non-hydrogen) atoms. The van der Waals surface area contributed by atoms with E-state index in [9.17, 15) is 14.4 Å². The fourth-order valence-corrected chi connectivity index (χ4v) is 7.08. The van der Waals surface area contributed by atoms with E-state index < -0.39 is 6.16 Å². The predicted molar refractivity (Wildman–Crippen MR) is 105 cm³/mol. The fraction of sp³-hybridized carbons (Fsp3) is 0.783. The zero-order valence-electron chi connectivity index (χ0n) is 17.9. The van der Waals surface area contributed by atoms with E-state index >= 15 is 0 Å². The van der Waals surface area contributed by atoms with E-state index in [2.05, 4.69) is 13.8 Å². The van der Waals surface area contributed by atoms with Gasteiger partial charge >= 0.3 is 12.1 Å². The number of fused-ring (bicyclic) bond motifs is 5. The Morgan fingerprint density at radius 2 is 1.76 bits per heavy atom. The second kappa shape index (κ2) is 7.13. The standard InChI is InChI=1S/C23H32O6/c1-22-9-7-13(20(25)27-3)11-14(22)12-17(24)19-15-5-6-18(29-21(26)28-4)23(15,2)10-8-16(19)22/h12-13,15-16,18-19H,5-11H2,1-4H3/t13-,15-,16-,18-,19-,22-,23-/m0/s1. The Hall–Kier alpha value is -1.85. The smallest absolute Gasteiger partial charge is 0.469 e. The summed E-state index contributed by atoms with van der Waals surface area (Å²) in [6.45, 7) is 4.47. The van der Waals surface area contributed by atoms with Gasteiger partial charge in [-0.25, -0.2) is 4.79 Å². The molecule has 0 aliphatic heterocycles. The Kier molecular flexibility index (Phi) is 5.02. The molecule has 0 bridgehead atoms. The van der Waals surface area contributed by atoms with Gasteiger partial charge in [0, 0.05) is 11.3 Å². The number of methoxy groups -OCH3 is 2. The number of hydrogen-bond acceptors (Lipinski definition) is 6. The number of carbonyl (C=O) groups is 3. The summed E-state index contributed by atoms with van der Waals surface area (Å²) < 4.78 is 15.3. The third kappa shape index (κ3) is 3.01. The molecule has 0 aromatic rings. The van der Waals surface area contributed by atoms with Crippen LogP contribution in [0.3, 0.4) is 0 Å². The lowest BCUT2D eigenvalue weighted by atomic mass is 9.47. The molecule has 3 fully saturated rings. The Morgan fingerprint density at radius 3 is 2.45 bits per heavy atom. The number of hydrogen-bond donors (Lipinski definition) is 0. The summed E-state index contributed by atoms with van der Waals surface area (Å²) in [7, 11) is 2.76. The SMILES string of the molecule is COC(=O)O[C@H]1CC[C@H]2[C@@H]3C(=O)C=C4C[C@@H](C(=O)OC)CC[C@]4(C)[C@H]3CC[C@]12C. The van der Waals surface area contributed by atoms with E-state index in [-0.39, 0.29) is 46.4 Å². The van der Waals surface area contributed by atoms with Crippen LogP contribution in [0.25, 0.3) is 0 Å². The Balaban J connectivity index is 1.61. The van der Waals surface area contributed by atoms with Crippen LogP contribution in [0.15, 0.2) is 11.6 Å². The zero-order chi connectivity index (χ0) is 21.0. The van der Waals surface area contributed by atoms with E-state index in [1.807, 2.05) is 6.08 Å². The van der Waals surface area contributed by atoms with Crippen molar-refractivity contribution in [3.63, 3.8) is 0 Å². The van der Waals surface area contributed by atoms with Gasteiger partial charge in [-0.3, -0.25) is 9.59 Å². The average Bonchev–Trinajstić information content (AvgIpc) is 3.03. The lowest BCUT2D eigenvalue weighted by molar-refractivity contribution is -0.148. The van der Waals surface area contributed by atoms with Crippen molar-refractivity contribution in [1.29, 1.82) is 0 Å². The minimum Gasteiger partial charge on any atom is -0.469 e. The van der Waals surface area contributed by atoms with Gasteiger partial charge in [-0.1, -0.05) is 19.4 Å². The maximum absolute atomic E-state index is 13.3. The molecule has 0 saturated heterocycles. The van der Waals surface area contributed by atoms with Crippen molar-refractivity contribution in [2.75, 3.05) is 14.2 Å². The molecule has 4 aliphatic rings. The summed E-state index contributed by atoms with van der Waals surface area (Å²) in [5, 5.41) is 0. The highest BCUT2D eigenvalue weighted by Gasteiger charge is 2.62. The van der Waals surface area contributed by atoms with Crippen molar-refractivity contribution in [2.24, 2.45) is 34.5 Å². The minimum absolute atomic E-state index is 0.0246. The zero-order valence-corrected chi connectivity index (χ0v) is 17.9. The molecule has 0 aromatic heterocycles. The van der Waals surface area contributed by atoms with Gasteiger partial charge in [-0.05, 0) is 68.3 Å². The summed E-state index contributed by atoms with van der Waals surface area (Å²) >= 11 is 0. The van der Waals surface area contributed by atoms with Crippen molar-refractivity contribution in [1.82, 2.24) is 0 Å². The van der Waals surface area contributed by atoms with Gasteiger partial charge in [0.15, 0.2) is 5.78 Å². The molecule has 0 unspecified atom stereocenters. The van der Waals surface area contributed by atoms with Crippen molar-refractivity contribution in [3.8, 4) is 0 Å². The molecule has 0 aromatic carbocycles. The first-order valence-corrected chi connectivity index (χ1v) is 10.8. The molecule has 6 heteroatoms. The van der Waals surface area contributed by atoms with Gasteiger partial charge in [0.25, 0.3) is 0 Å². The van der Waals surface area contributed by atoms with Crippen molar-refractivity contribution >= 4 is 17.9 Å². The fourth-order valence-electron chi connectivity index (χ4n) is 7.08. The van der Waals surface area contributed by atoms with Gasteiger partial charge in [0.2, 0.25) is 0 Å². The molecule has 0 radical (unpaired) electrons. The number of ether oxygens (including phenoxy) is 3. The third-order valence-electron chi connectivity index (χ3n) is 8.80. The van der Waals surface area contributed by atoms with Gasteiger partial charge in [-0.15, -0.1) is 0 Å². The molecule has 4 aliphatic carbocycles. The quantitative estimate of drug-likeness (QED) is 0.646. The summed E-state index contributed by atoms with van der Waals surface area (Å²) in [6, 6.07) is 0. The van der Waals surface area contributed by atoms with Crippen LogP contribution >= 0.6 is 0 Å². The van der Waals surface area contributed by atoms with E-state index in [1.54, 1.807) is 0 Å². The van der Waals surface area contributed by atoms with E-state index in [0.717, 1.165) is 44.1 Å². The van der Waals surface area contributed by atoms with Gasteiger partial charge in [0.1, 0.15) is 6.10 Å². The Morgan fingerprint density at radius 1 is 1.00 bits per heavy atom. The lowest BCUT2D eigenvalue weighted by Crippen LogP contribution is -2.54. The normalized spacial score (nSPS) is 43.4. The molecule has 0 heterocycles. The molecule has 4 rings (SSSR count). The molecular formula is C23H32O6. The van der Waals surface area contributed by atoms with Crippen LogP contribution in [-0.2, 0) is 23.8 Å².